The van der Waals surface area contributed by atoms with Crippen LogP contribution in [0.4, 0.5) is 0 Å². The number of carbonyl (C=O) groups excluding carboxylic acids is 3. The maximum atomic E-state index is 13.7. The van der Waals surface area contributed by atoms with Crippen LogP contribution in [0.25, 0.3) is 0 Å². The molecule has 0 aromatic heterocycles. The van der Waals surface area contributed by atoms with Crippen molar-refractivity contribution >= 4 is 40.9 Å². The Morgan fingerprint density at radius 2 is 1.38 bits per heavy atom. The minimum absolute atomic E-state index is 0.126. The number of ether oxygens (including phenoxy) is 2. The van der Waals surface area contributed by atoms with E-state index in [-0.39, 0.29) is 29.0 Å². The Bertz CT molecular complexity index is 1920. The number of ketones is 1. The first-order valence-corrected chi connectivity index (χ1v) is 21.7. The van der Waals surface area contributed by atoms with Crippen molar-refractivity contribution in [2.75, 3.05) is 6.61 Å². The highest BCUT2D eigenvalue weighted by molar-refractivity contribution is 7.95. The molecule has 1 N–H and O–H groups in total. The summed E-state index contributed by atoms with van der Waals surface area (Å²) in [5, 5.41) is 15.7. The molecule has 2 bridgehead atoms. The van der Waals surface area contributed by atoms with Crippen molar-refractivity contribution in [1.29, 1.82) is 0 Å². The summed E-state index contributed by atoms with van der Waals surface area (Å²) in [5.41, 5.74) is -0.323. The molecule has 0 aliphatic heterocycles. The van der Waals surface area contributed by atoms with Gasteiger partial charge in [-0.2, -0.15) is 0 Å². The van der Waals surface area contributed by atoms with Gasteiger partial charge in [0.25, 0.3) is 0 Å². The summed E-state index contributed by atoms with van der Waals surface area (Å²) in [6.07, 6.45) is 4.25. The summed E-state index contributed by atoms with van der Waals surface area (Å²) < 4.78 is 11.8. The van der Waals surface area contributed by atoms with Crippen molar-refractivity contribution in [2.45, 2.75) is 78.2 Å². The Labute approximate surface area is 326 Å². The van der Waals surface area contributed by atoms with Gasteiger partial charge in [-0.1, -0.05) is 101 Å². The number of Topliss-reactive ketones (excluding diaryl/α,β-unsaturated/α-hetero) is 1. The fourth-order valence-corrected chi connectivity index (χ4v) is 15.1. The molecule has 0 spiro atoms. The molecule has 3 aliphatic carbocycles. The molecule has 0 saturated heterocycles. The van der Waals surface area contributed by atoms with Gasteiger partial charge >= 0.3 is 11.9 Å². The monoisotopic (exact) mass is 757 g/mol. The number of esters is 2. The molecule has 6 nitrogen and oxygen atoms in total. The predicted octanol–water partition coefficient (Wildman–Crippen LogP) is 8.24. The molecule has 3 saturated carbocycles. The third-order valence-electron chi connectivity index (χ3n) is 14.0. The Kier molecular flexibility index (Phi) is 10.8. The molecule has 0 amide bonds. The van der Waals surface area contributed by atoms with E-state index in [9.17, 15) is 19.5 Å². The van der Waals surface area contributed by atoms with Gasteiger partial charge in [-0.25, -0.2) is 9.59 Å². The normalized spacial score (nSPS) is 30.3. The summed E-state index contributed by atoms with van der Waals surface area (Å²) in [7, 11) is -2.13. The van der Waals surface area contributed by atoms with Gasteiger partial charge in [0.15, 0.2) is 6.61 Å². The Morgan fingerprint density at radius 1 is 0.836 bits per heavy atom. The van der Waals surface area contributed by atoms with E-state index in [0.717, 1.165) is 31.0 Å². The molecule has 7 rings (SSSR count). The Balaban J connectivity index is 1.09. The average Bonchev–Trinajstić information content (AvgIpc) is 3.59. The van der Waals surface area contributed by atoms with Gasteiger partial charge < -0.3 is 14.6 Å². The molecule has 286 valence electrons. The molecule has 3 fully saturated rings. The van der Waals surface area contributed by atoms with E-state index < -0.39 is 48.8 Å². The minimum atomic E-state index is -2.13. The molecule has 4 aromatic rings. The van der Waals surface area contributed by atoms with Gasteiger partial charge in [0.05, 0.1) is 17.8 Å². The molecule has 3 aliphatic rings. The first-order valence-electron chi connectivity index (χ1n) is 19.7. The van der Waals surface area contributed by atoms with Crippen molar-refractivity contribution in [3.8, 4) is 0 Å². The molecule has 0 radical (unpaired) electrons. The number of hydrogen-bond donors (Lipinski definition) is 1. The molecule has 0 unspecified atom stereocenters. The molecule has 0 heterocycles. The fraction of sp³-hybridized carbons (Fsp3) is 0.396. The average molecular weight is 758 g/mol. The molecule has 4 aromatic carbocycles. The molecular weight excluding hydrogens is 703 g/mol. The van der Waals surface area contributed by atoms with Crippen molar-refractivity contribution in [1.82, 2.24) is 0 Å². The SMILES string of the molecule is C=C[C@]1(C)C[C@@H](OC(=O)COC(=O)c2ccc(C[P+](c3ccccc3)(c3ccccc3)c3ccccc3)cc2)[C@]2(C)CC[C@@H](C)[C@@]3(CCC(=O)[C@@H]23)[C@@H](C)[C@@H]1O. The van der Waals surface area contributed by atoms with E-state index in [1.165, 1.54) is 15.9 Å². The van der Waals surface area contributed by atoms with Crippen molar-refractivity contribution in [2.24, 2.45) is 34.0 Å². The van der Waals surface area contributed by atoms with Crippen LogP contribution < -0.4 is 15.9 Å². The van der Waals surface area contributed by atoms with Crippen molar-refractivity contribution < 1.29 is 29.0 Å². The number of carbonyl (C=O) groups is 3. The van der Waals surface area contributed by atoms with Gasteiger partial charge in [-0.3, -0.25) is 4.79 Å². The summed E-state index contributed by atoms with van der Waals surface area (Å²) in [4.78, 5) is 40.7. The quantitative estimate of drug-likeness (QED) is 0.0997. The summed E-state index contributed by atoms with van der Waals surface area (Å²) in [6, 6.07) is 39.5. The first kappa shape index (κ1) is 38.9. The van der Waals surface area contributed by atoms with Crippen molar-refractivity contribution in [3.63, 3.8) is 0 Å². The highest BCUT2D eigenvalue weighted by Gasteiger charge is 2.68. The summed E-state index contributed by atoms with van der Waals surface area (Å²) in [6.45, 7) is 11.9. The number of rotatable bonds is 10. The molecule has 55 heavy (non-hydrogen) atoms. The third-order valence-corrected chi connectivity index (χ3v) is 18.4. The smallest absolute Gasteiger partial charge is 0.344 e. The zero-order chi connectivity index (χ0) is 39.0. The highest BCUT2D eigenvalue weighted by atomic mass is 31.2. The number of aliphatic hydroxyl groups excluding tert-OH is 1. The third kappa shape index (κ3) is 6.70. The maximum absolute atomic E-state index is 13.7. The van der Waals surface area contributed by atoms with Crippen LogP contribution in [0.1, 0.15) is 75.7 Å². The maximum Gasteiger partial charge on any atom is 0.344 e. The van der Waals surface area contributed by atoms with Gasteiger partial charge in [-0.05, 0) is 97.0 Å². The molecule has 8 atom stereocenters. The lowest BCUT2D eigenvalue weighted by molar-refractivity contribution is -0.206. The van der Waals surface area contributed by atoms with Crippen LogP contribution >= 0.6 is 7.26 Å². The van der Waals surface area contributed by atoms with Gasteiger partial charge in [0, 0.05) is 23.2 Å². The van der Waals surface area contributed by atoms with Crippen LogP contribution in [0.2, 0.25) is 0 Å². The van der Waals surface area contributed by atoms with E-state index in [1.807, 2.05) is 37.3 Å². The fourth-order valence-electron chi connectivity index (χ4n) is 10.9. The van der Waals surface area contributed by atoms with Crippen LogP contribution in [-0.2, 0) is 25.2 Å². The highest BCUT2D eigenvalue weighted by Crippen LogP contribution is 2.68. The summed E-state index contributed by atoms with van der Waals surface area (Å²) in [5.74, 6) is -1.29. The Hall–Kier alpha value is -4.38. The van der Waals surface area contributed by atoms with Gasteiger partial charge in [0.2, 0.25) is 0 Å². The minimum Gasteiger partial charge on any atom is -0.459 e. The standard InChI is InChI=1S/C48H54O6P/c1-6-46(4)30-41(47(5)28-26-33(2)48(34(3)44(46)51)29-27-40(49)43(47)48)54-42(50)31-53-45(52)36-24-22-35(23-25-36)32-55(37-16-10-7-11-17-37,38-18-12-8-13-19-38)39-20-14-9-15-21-39/h6-25,33-34,41,43-44,51H,1,26-32H2,2-5H3/q+1/t33-,34+,41-,43+,44+,46-,47+,48+/m1/s1. The van der Waals surface area contributed by atoms with Crippen LogP contribution in [0, 0.1) is 34.0 Å². The number of aliphatic hydroxyl groups is 1. The zero-order valence-electron chi connectivity index (χ0n) is 32.5. The first-order chi connectivity index (χ1) is 26.4. The lowest BCUT2D eigenvalue weighted by Crippen LogP contribution is -2.63. The van der Waals surface area contributed by atoms with E-state index in [0.29, 0.717) is 18.4 Å². The largest absolute Gasteiger partial charge is 0.459 e. The predicted molar refractivity (Wildman–Crippen MR) is 220 cm³/mol. The second-order valence-electron chi connectivity index (χ2n) is 16.8. The van der Waals surface area contributed by atoms with E-state index >= 15 is 0 Å². The van der Waals surface area contributed by atoms with Crippen LogP contribution in [0.5, 0.6) is 0 Å². The second-order valence-corrected chi connectivity index (χ2v) is 20.3. The zero-order valence-corrected chi connectivity index (χ0v) is 33.4. The molecular formula is C48H54O6P+. The number of benzene rings is 4. The lowest BCUT2D eigenvalue weighted by atomic mass is 9.43. The Morgan fingerprint density at radius 3 is 1.91 bits per heavy atom. The van der Waals surface area contributed by atoms with Crippen molar-refractivity contribution in [3.05, 3.63) is 139 Å². The number of hydrogen-bond acceptors (Lipinski definition) is 6. The second kappa shape index (κ2) is 15.3. The van der Waals surface area contributed by atoms with Crippen LogP contribution in [0.15, 0.2) is 128 Å². The van der Waals surface area contributed by atoms with Gasteiger partial charge in [0.1, 0.15) is 35.1 Å². The van der Waals surface area contributed by atoms with E-state index in [1.54, 1.807) is 18.2 Å². The summed E-state index contributed by atoms with van der Waals surface area (Å²) >= 11 is 0. The van der Waals surface area contributed by atoms with Crippen LogP contribution in [0.3, 0.4) is 0 Å². The van der Waals surface area contributed by atoms with E-state index in [2.05, 4.69) is 100 Å². The molecule has 7 heteroatoms. The topological polar surface area (TPSA) is 89.9 Å². The lowest BCUT2D eigenvalue weighted by Gasteiger charge is -2.62. The van der Waals surface area contributed by atoms with E-state index in [4.69, 9.17) is 9.47 Å². The van der Waals surface area contributed by atoms with Crippen LogP contribution in [-0.4, -0.2) is 41.6 Å². The van der Waals surface area contributed by atoms with Gasteiger partial charge in [-0.15, -0.1) is 6.58 Å².